The highest BCUT2D eigenvalue weighted by molar-refractivity contribution is 5.05. The summed E-state index contributed by atoms with van der Waals surface area (Å²) >= 11 is 0. The Balaban J connectivity index is 3.28. The molecular weight excluding hydrogens is 360 g/mol. The van der Waals surface area contributed by atoms with Crippen LogP contribution in [-0.2, 0) is 14.5 Å². The third-order valence-electron chi connectivity index (χ3n) is 5.03. The second-order valence-corrected chi connectivity index (χ2v) is 7.05. The van der Waals surface area contributed by atoms with Gasteiger partial charge in [0.25, 0.3) is 15.3 Å². The molecule has 0 saturated carbocycles. The quantitative estimate of drug-likeness (QED) is 0.438. The van der Waals surface area contributed by atoms with Crippen LogP contribution in [0.2, 0.25) is 0 Å². The smallest absolute Gasteiger partial charge is 0.294 e. The topological polar surface area (TPSA) is 181 Å². The van der Waals surface area contributed by atoms with Crippen molar-refractivity contribution in [3.63, 3.8) is 0 Å². The summed E-state index contributed by atoms with van der Waals surface area (Å²) in [4.78, 5) is 45.1. The number of piperidine rings is 1. The molecule has 14 heteroatoms. The Kier molecular flexibility index (Phi) is 6.49. The van der Waals surface area contributed by atoms with E-state index in [-0.39, 0.29) is 0 Å². The van der Waals surface area contributed by atoms with Crippen molar-refractivity contribution in [3.05, 3.63) is 30.3 Å². The van der Waals surface area contributed by atoms with Crippen molar-refractivity contribution < 1.29 is 35.0 Å². The number of hydrogen-bond donors (Lipinski definition) is 1. The summed E-state index contributed by atoms with van der Waals surface area (Å²) in [6, 6.07) is 0. The molecule has 1 saturated heterocycles. The van der Waals surface area contributed by atoms with Crippen molar-refractivity contribution in [1.29, 1.82) is 0 Å². The minimum absolute atomic E-state index is 0.492. The molecule has 1 aliphatic heterocycles. The van der Waals surface area contributed by atoms with Crippen LogP contribution >= 0.6 is 0 Å². The highest BCUT2D eigenvalue weighted by atomic mass is 17.0. The molecule has 1 fully saturated rings. The molecule has 0 bridgehead atoms. The number of nitrogens with zero attached hydrogens (tertiary/aromatic N) is 4. The van der Waals surface area contributed by atoms with E-state index in [9.17, 15) is 35.6 Å². The van der Waals surface area contributed by atoms with Gasteiger partial charge in [0, 0.05) is 22.9 Å². The Morgan fingerprint density at radius 1 is 0.808 bits per heavy atom. The predicted octanol–water partition coefficient (Wildman–Crippen LogP) is 0.722. The molecule has 1 N–H and O–H groups in total. The third kappa shape index (κ3) is 4.57. The van der Waals surface area contributed by atoms with Crippen LogP contribution in [0.3, 0.4) is 0 Å². The fourth-order valence-electron chi connectivity index (χ4n) is 3.70. The summed E-state index contributed by atoms with van der Waals surface area (Å²) in [5, 5.41) is 40.3. The maximum atomic E-state index is 10.6. The molecule has 1 rings (SSSR count). The zero-order valence-corrected chi connectivity index (χ0v) is 14.8. The Morgan fingerprint density at radius 2 is 1.12 bits per heavy atom. The molecule has 0 aliphatic carbocycles. The van der Waals surface area contributed by atoms with Crippen molar-refractivity contribution in [3.8, 4) is 0 Å². The molecule has 1 aliphatic rings. The van der Waals surface area contributed by atoms with Gasteiger partial charge >= 0.3 is 0 Å². The van der Waals surface area contributed by atoms with Crippen LogP contribution in [0, 0.1) is 48.1 Å². The van der Waals surface area contributed by atoms with Gasteiger partial charge in [-0.3, -0.25) is 0 Å². The third-order valence-corrected chi connectivity index (χ3v) is 5.03. The number of hydroxylamine groups is 2. The molecule has 0 radical (unpaired) electrons. The molecule has 0 aromatic carbocycles. The summed E-state index contributed by atoms with van der Waals surface area (Å²) in [6.45, 7) is 4.82. The zero-order chi connectivity index (χ0) is 20.3. The standard InChI is InChI=1S/C12H22N4O10/c1-11(2)9(6-25-15(20)21)8(5-24-14(18)19)10(7-26-16(22)23)12(3,4)13(11)17/h8-10,17H,5-7H2,1-4H3. The van der Waals surface area contributed by atoms with Gasteiger partial charge in [-0.2, -0.15) is 5.06 Å². The van der Waals surface area contributed by atoms with Crippen LogP contribution in [0.4, 0.5) is 0 Å². The second-order valence-electron chi connectivity index (χ2n) is 7.05. The highest BCUT2D eigenvalue weighted by Crippen LogP contribution is 2.48. The lowest BCUT2D eigenvalue weighted by atomic mass is 9.62. The normalized spacial score (nSPS) is 27.3. The molecule has 150 valence electrons. The molecule has 2 unspecified atom stereocenters. The highest BCUT2D eigenvalue weighted by Gasteiger charge is 2.57. The largest absolute Gasteiger partial charge is 0.314 e. The van der Waals surface area contributed by atoms with Crippen LogP contribution in [0.1, 0.15) is 27.7 Å². The van der Waals surface area contributed by atoms with Crippen LogP contribution in [0.25, 0.3) is 0 Å². The Bertz CT molecular complexity index is 516. The van der Waals surface area contributed by atoms with Gasteiger partial charge in [0.15, 0.2) is 0 Å². The first-order valence-electron chi connectivity index (χ1n) is 7.63. The Morgan fingerprint density at radius 3 is 1.42 bits per heavy atom. The van der Waals surface area contributed by atoms with Gasteiger partial charge in [0.1, 0.15) is 19.8 Å². The molecule has 0 amide bonds. The van der Waals surface area contributed by atoms with Crippen molar-refractivity contribution in [2.45, 2.75) is 38.8 Å². The first-order valence-corrected chi connectivity index (χ1v) is 7.63. The van der Waals surface area contributed by atoms with Gasteiger partial charge in [-0.05, 0) is 33.6 Å². The van der Waals surface area contributed by atoms with Crippen molar-refractivity contribution >= 4 is 0 Å². The fourth-order valence-corrected chi connectivity index (χ4v) is 3.70. The minimum atomic E-state index is -1.12. The van der Waals surface area contributed by atoms with Crippen LogP contribution < -0.4 is 0 Å². The molecule has 0 spiro atoms. The summed E-state index contributed by atoms with van der Waals surface area (Å²) in [5.41, 5.74) is -2.23. The Hall–Kier alpha value is -2.48. The second kappa shape index (κ2) is 7.82. The van der Waals surface area contributed by atoms with Gasteiger partial charge in [0.05, 0.1) is 0 Å². The average Bonchev–Trinajstić information content (AvgIpc) is 2.48. The Labute approximate surface area is 147 Å². The predicted molar refractivity (Wildman–Crippen MR) is 81.1 cm³/mol. The van der Waals surface area contributed by atoms with E-state index in [4.69, 9.17) is 0 Å². The van der Waals surface area contributed by atoms with Crippen molar-refractivity contribution in [1.82, 2.24) is 5.06 Å². The van der Waals surface area contributed by atoms with Crippen molar-refractivity contribution in [2.75, 3.05) is 19.8 Å². The van der Waals surface area contributed by atoms with Crippen LogP contribution in [0.5, 0.6) is 0 Å². The first kappa shape index (κ1) is 21.6. The lowest BCUT2D eigenvalue weighted by Crippen LogP contribution is -2.70. The van der Waals surface area contributed by atoms with Crippen molar-refractivity contribution in [2.24, 2.45) is 17.8 Å². The van der Waals surface area contributed by atoms with Gasteiger partial charge < -0.3 is 19.7 Å². The monoisotopic (exact) mass is 382 g/mol. The van der Waals surface area contributed by atoms with E-state index in [1.807, 2.05) is 0 Å². The van der Waals surface area contributed by atoms with E-state index in [0.717, 1.165) is 5.06 Å². The van der Waals surface area contributed by atoms with E-state index in [2.05, 4.69) is 14.5 Å². The molecule has 2 atom stereocenters. The van der Waals surface area contributed by atoms with E-state index >= 15 is 0 Å². The van der Waals surface area contributed by atoms with E-state index in [0.29, 0.717) is 0 Å². The molecule has 1 heterocycles. The minimum Gasteiger partial charge on any atom is -0.314 e. The molecule has 14 nitrogen and oxygen atoms in total. The zero-order valence-electron chi connectivity index (χ0n) is 14.8. The van der Waals surface area contributed by atoms with Crippen LogP contribution in [0.15, 0.2) is 0 Å². The lowest BCUT2D eigenvalue weighted by molar-refractivity contribution is -0.767. The summed E-state index contributed by atoms with van der Waals surface area (Å²) in [6.07, 6.45) is 0. The van der Waals surface area contributed by atoms with Gasteiger partial charge in [-0.25, -0.2) is 0 Å². The summed E-state index contributed by atoms with van der Waals surface area (Å²) < 4.78 is 0. The molecule has 26 heavy (non-hydrogen) atoms. The lowest BCUT2D eigenvalue weighted by Gasteiger charge is -2.59. The maximum Gasteiger partial charge on any atom is 0.294 e. The number of hydrogen-bond acceptors (Lipinski definition) is 11. The van der Waals surface area contributed by atoms with Gasteiger partial charge in [-0.15, -0.1) is 30.3 Å². The summed E-state index contributed by atoms with van der Waals surface area (Å²) in [5.74, 6) is -2.47. The molecular formula is C12H22N4O10. The summed E-state index contributed by atoms with van der Waals surface area (Å²) in [7, 11) is 0. The van der Waals surface area contributed by atoms with E-state index < -0.39 is 63.9 Å². The SMILES string of the molecule is CC1(C)C(CO[N+](=O)[O-])C(CO[N+](=O)[O-])C(CO[N+](=O)[O-])C(C)(C)N1O. The maximum absolute atomic E-state index is 10.6. The van der Waals surface area contributed by atoms with Gasteiger partial charge in [0.2, 0.25) is 0 Å². The number of rotatable bonds is 9. The van der Waals surface area contributed by atoms with Crippen LogP contribution in [-0.4, -0.2) is 56.4 Å². The average molecular weight is 382 g/mol. The fraction of sp³-hybridized carbons (Fsp3) is 1.00. The first-order chi connectivity index (χ1) is 11.8. The molecule has 0 aromatic heterocycles. The van der Waals surface area contributed by atoms with E-state index in [1.54, 1.807) is 27.7 Å². The molecule has 0 aromatic rings. The van der Waals surface area contributed by atoms with Gasteiger partial charge in [-0.1, -0.05) is 0 Å². The van der Waals surface area contributed by atoms with E-state index in [1.165, 1.54) is 0 Å².